The van der Waals surface area contributed by atoms with E-state index in [1.807, 2.05) is 111 Å². The first-order chi connectivity index (χ1) is 30.8. The summed E-state index contributed by atoms with van der Waals surface area (Å²) >= 11 is 0. The number of aromatic nitrogens is 1. The van der Waals surface area contributed by atoms with E-state index in [9.17, 15) is 20.4 Å². The third-order valence-corrected chi connectivity index (χ3v) is 12.7. The normalized spacial score (nSPS) is 13.6. The van der Waals surface area contributed by atoms with E-state index in [0.29, 0.717) is 31.9 Å². The van der Waals surface area contributed by atoms with Crippen molar-refractivity contribution in [3.63, 3.8) is 0 Å². The van der Waals surface area contributed by atoms with Gasteiger partial charge in [0.15, 0.2) is 6.20 Å². The molecule has 0 radical (unpaired) electrons. The van der Waals surface area contributed by atoms with Crippen LogP contribution >= 0.6 is 21.6 Å². The molecule has 0 bridgehead atoms. The van der Waals surface area contributed by atoms with Crippen LogP contribution in [0.15, 0.2) is 126 Å². The number of anilines is 4. The summed E-state index contributed by atoms with van der Waals surface area (Å²) in [4.78, 5) is 3.92. The lowest BCUT2D eigenvalue weighted by molar-refractivity contribution is -0.671. The topological polar surface area (TPSA) is 185 Å². The highest BCUT2D eigenvalue weighted by atomic mass is 33.1. The Bertz CT molecular complexity index is 2130. The van der Waals surface area contributed by atoms with Gasteiger partial charge in [0.05, 0.1) is 59.0 Å². The summed E-state index contributed by atoms with van der Waals surface area (Å²) < 4.78 is 2.32. The molecule has 5 aromatic rings. The molecule has 64 heavy (non-hydrogen) atoms. The number of benzene rings is 4. The fourth-order valence-corrected chi connectivity index (χ4v) is 9.47. The van der Waals surface area contributed by atoms with Gasteiger partial charge in [0.25, 0.3) is 0 Å². The maximum atomic E-state index is 9.87. The van der Waals surface area contributed by atoms with Crippen LogP contribution in [-0.2, 0) is 6.54 Å². The Morgan fingerprint density at radius 3 is 1.78 bits per heavy atom. The zero-order chi connectivity index (χ0) is 46.3. The number of allylic oxidation sites excluding steroid dienone is 1. The average Bonchev–Trinajstić information content (AvgIpc) is 3.26. The lowest BCUT2D eigenvalue weighted by Gasteiger charge is -2.27. The van der Waals surface area contributed by atoms with Crippen LogP contribution in [0.2, 0.25) is 0 Å². The van der Waals surface area contributed by atoms with Crippen LogP contribution in [0, 0.1) is 0 Å². The Kier molecular flexibility index (Phi) is 23.0. The number of hydrogen-bond acceptors (Lipinski definition) is 12. The number of fused-ring (bicyclic) bond motifs is 1. The van der Waals surface area contributed by atoms with Crippen LogP contribution in [0.4, 0.5) is 34.1 Å². The number of azo groups is 1. The molecule has 5 rings (SSSR count). The molecular formula is C50H72N8O4S2+2. The van der Waals surface area contributed by atoms with Gasteiger partial charge in [-0.05, 0) is 121 Å². The van der Waals surface area contributed by atoms with Gasteiger partial charge in [0.2, 0.25) is 5.52 Å². The molecule has 0 amide bonds. The van der Waals surface area contributed by atoms with Gasteiger partial charge < -0.3 is 47.0 Å². The van der Waals surface area contributed by atoms with Gasteiger partial charge in [-0.3, -0.25) is 0 Å². The largest absolute Gasteiger partial charge is 0.399 e. The Labute approximate surface area is 388 Å². The predicted molar refractivity (Wildman–Crippen MR) is 271 cm³/mol. The number of pyridine rings is 1. The van der Waals surface area contributed by atoms with Crippen molar-refractivity contribution in [1.29, 1.82) is 0 Å². The summed E-state index contributed by atoms with van der Waals surface area (Å²) in [5.41, 5.74) is 20.2. The summed E-state index contributed by atoms with van der Waals surface area (Å²) in [6, 6.07) is 33.9. The molecule has 0 saturated carbocycles. The zero-order valence-electron chi connectivity index (χ0n) is 38.3. The van der Waals surface area contributed by atoms with Crippen molar-refractivity contribution in [2.75, 3.05) is 65.5 Å². The third-order valence-electron chi connectivity index (χ3n) is 10.2. The minimum Gasteiger partial charge on any atom is -0.399 e. The van der Waals surface area contributed by atoms with Crippen LogP contribution in [0.3, 0.4) is 0 Å². The average molecular weight is 913 g/mol. The van der Waals surface area contributed by atoms with Gasteiger partial charge in [-0.2, -0.15) is 14.8 Å². The highest BCUT2D eigenvalue weighted by Gasteiger charge is 2.15. The smallest absolute Gasteiger partial charge is 0.214 e. The number of hydrogen-bond donors (Lipinski definition) is 7. The number of quaternary nitrogens is 1. The van der Waals surface area contributed by atoms with Gasteiger partial charge >= 0.3 is 0 Å². The molecule has 12 nitrogen and oxygen atoms in total. The molecule has 0 aliphatic carbocycles. The van der Waals surface area contributed by atoms with E-state index in [4.69, 9.17) is 11.5 Å². The highest BCUT2D eigenvalue weighted by Crippen LogP contribution is 2.27. The van der Waals surface area contributed by atoms with Crippen LogP contribution < -0.4 is 31.2 Å². The van der Waals surface area contributed by atoms with Crippen molar-refractivity contribution in [3.8, 4) is 0 Å². The maximum Gasteiger partial charge on any atom is 0.214 e. The molecule has 346 valence electrons. The highest BCUT2D eigenvalue weighted by molar-refractivity contribution is 8.76. The number of aryl methyl sites for hydroxylation is 1. The minimum absolute atomic E-state index is 0.434. The summed E-state index contributed by atoms with van der Waals surface area (Å²) in [5, 5.41) is 51.1. The Morgan fingerprint density at radius 2 is 1.20 bits per heavy atom. The van der Waals surface area contributed by atoms with E-state index in [1.54, 1.807) is 27.7 Å². The number of nitrogens with zero attached hydrogens (tertiary/aromatic N) is 5. The molecule has 4 aromatic carbocycles. The minimum atomic E-state index is -0.496. The second-order valence-electron chi connectivity index (χ2n) is 16.3. The second-order valence-corrected chi connectivity index (χ2v) is 19.0. The molecule has 0 aliphatic heterocycles. The van der Waals surface area contributed by atoms with Gasteiger partial charge in [-0.15, -0.1) is 0 Å². The standard InChI is InChI=1S/C38H50N6O2S2.C12H20N2O2/c1-4-36(42-41-31-17-19-32(20-18-31)44(27-29(2)45)28-30(3)46)34-14-5-7-15-37(34)40-22-9-11-25-47-48-26-12-10-23-43-24-21-35(39)33-13-6-8-16-38(33)43;1-9(15)7-14(8-10(2)16)12-5-3-11(13)4-6-12/h4-8,13-21,24,29-30,39-40,45-46H,9-12,22-23,25-28H2,1-3H3;3-6,9-10,15-16H,7-8,13H2,1-2H3/p+2/b36-4+,42-41?;. The first-order valence-electron chi connectivity index (χ1n) is 22.4. The number of para-hydroxylation sites is 2. The Balaban J connectivity index is 0.000000472. The summed E-state index contributed by atoms with van der Waals surface area (Å²) in [7, 11) is 3.98. The van der Waals surface area contributed by atoms with Crippen molar-refractivity contribution in [2.24, 2.45) is 10.2 Å². The fourth-order valence-electron chi connectivity index (χ4n) is 7.18. The lowest BCUT2D eigenvalue weighted by atomic mass is 10.1. The Morgan fingerprint density at radius 1 is 0.672 bits per heavy atom. The molecule has 1 aromatic heterocycles. The third kappa shape index (κ3) is 18.4. The van der Waals surface area contributed by atoms with E-state index in [0.717, 1.165) is 65.3 Å². The number of nitrogen functional groups attached to an aromatic ring is 2. The molecular weight excluding hydrogens is 841 g/mol. The number of rotatable bonds is 25. The molecule has 1 heterocycles. The molecule has 0 spiro atoms. The van der Waals surface area contributed by atoms with Crippen LogP contribution in [0.1, 0.15) is 65.9 Å². The van der Waals surface area contributed by atoms with E-state index >= 15 is 0 Å². The predicted octanol–water partition coefficient (Wildman–Crippen LogP) is 8.10. The fraction of sp³-hybridized carbons (Fsp3) is 0.420. The van der Waals surface area contributed by atoms with Crippen LogP contribution in [0.25, 0.3) is 16.6 Å². The second kappa shape index (κ2) is 28.3. The van der Waals surface area contributed by atoms with Gasteiger partial charge in [-0.25, -0.2) is 0 Å². The zero-order valence-corrected chi connectivity index (χ0v) is 40.0. The molecule has 14 heteroatoms. The number of aliphatic hydroxyl groups excluding tert-OH is 4. The van der Waals surface area contributed by atoms with Gasteiger partial charge in [0.1, 0.15) is 12.2 Å². The van der Waals surface area contributed by atoms with Crippen LogP contribution in [-0.4, -0.2) is 89.1 Å². The Hall–Kier alpha value is -4.67. The molecule has 4 unspecified atom stereocenters. The molecule has 4 atom stereocenters. The summed E-state index contributed by atoms with van der Waals surface area (Å²) in [6.45, 7) is 12.9. The van der Waals surface area contributed by atoms with Crippen LogP contribution in [0.5, 0.6) is 0 Å². The van der Waals surface area contributed by atoms with Gasteiger partial charge in [-0.1, -0.05) is 51.9 Å². The molecule has 10 N–H and O–H groups in total. The maximum absolute atomic E-state index is 9.87. The van der Waals surface area contributed by atoms with Crippen molar-refractivity contribution in [3.05, 3.63) is 121 Å². The summed E-state index contributed by atoms with van der Waals surface area (Å²) in [5.74, 6) is 2.34. The van der Waals surface area contributed by atoms with Crippen molar-refractivity contribution in [1.82, 2.24) is 0 Å². The summed E-state index contributed by atoms with van der Waals surface area (Å²) in [6.07, 6.45) is 6.97. The van der Waals surface area contributed by atoms with E-state index < -0.39 is 24.4 Å². The van der Waals surface area contributed by atoms with E-state index in [1.165, 1.54) is 35.6 Å². The molecule has 0 saturated heterocycles. The molecule has 0 fully saturated rings. The van der Waals surface area contributed by atoms with E-state index in [2.05, 4.69) is 62.7 Å². The van der Waals surface area contributed by atoms with Gasteiger partial charge in [0, 0.05) is 73.3 Å². The number of aliphatic hydroxyl groups is 4. The first kappa shape index (κ1) is 52.0. The SMILES string of the molecule is C/C=C(/N=Nc1ccc(N(CC(C)O)CC(C)O)cc1)c1ccccc1[NH2+]CCCCSSCCCC[n+]1ccc(N)c2ccccc21.CC(O)CN(CC(C)O)c1ccc(N)cc1. The molecule has 0 aliphatic rings. The van der Waals surface area contributed by atoms with Crippen molar-refractivity contribution >= 4 is 72.3 Å². The number of unbranched alkanes of at least 4 members (excludes halogenated alkanes) is 2. The number of nitrogens with two attached hydrogens (primary N) is 3. The van der Waals surface area contributed by atoms with Crippen molar-refractivity contribution in [2.45, 2.75) is 91.3 Å². The monoisotopic (exact) mass is 913 g/mol. The first-order valence-corrected chi connectivity index (χ1v) is 24.9. The van der Waals surface area contributed by atoms with E-state index in [-0.39, 0.29) is 0 Å². The quantitative estimate of drug-likeness (QED) is 0.00993. The lowest BCUT2D eigenvalue weighted by Crippen LogP contribution is -2.78. The van der Waals surface area contributed by atoms with Crippen molar-refractivity contribution < 1.29 is 30.3 Å².